The molecule has 2 aromatic rings. The lowest BCUT2D eigenvalue weighted by atomic mass is 10.3. The lowest BCUT2D eigenvalue weighted by molar-refractivity contribution is 0.341. The minimum absolute atomic E-state index is 0.605. The van der Waals surface area contributed by atoms with Crippen LogP contribution in [0.1, 0.15) is 12.7 Å². The molecule has 1 N–H and O–H groups in total. The number of nitrogens with one attached hydrogen (secondary N) is 1. The molecule has 0 unspecified atom stereocenters. The molecule has 0 amide bonds. The van der Waals surface area contributed by atoms with Crippen molar-refractivity contribution in [1.29, 1.82) is 0 Å². The summed E-state index contributed by atoms with van der Waals surface area (Å²) in [5.74, 6) is 1.70. The topological polar surface area (TPSA) is 34.4 Å². The van der Waals surface area contributed by atoms with Crippen molar-refractivity contribution < 1.29 is 9.15 Å². The molecule has 0 saturated carbocycles. The van der Waals surface area contributed by atoms with Crippen molar-refractivity contribution in [3.8, 4) is 5.75 Å². The number of hydrogen-bond donors (Lipinski definition) is 1. The summed E-state index contributed by atoms with van der Waals surface area (Å²) < 4.78 is 12.7. The number of benzene rings is 1. The fraction of sp³-hybridized carbons (Fsp3) is 0.231. The Kier molecular flexibility index (Phi) is 4.72. The first-order valence-electron chi connectivity index (χ1n) is 5.60. The van der Waals surface area contributed by atoms with Crippen LogP contribution >= 0.6 is 31.9 Å². The maximum Gasteiger partial charge on any atom is 0.183 e. The fourth-order valence-electron chi connectivity index (χ4n) is 1.55. The minimum atomic E-state index is 0.605. The van der Waals surface area contributed by atoms with E-state index in [1.165, 1.54) is 0 Å². The van der Waals surface area contributed by atoms with Gasteiger partial charge in [-0.05, 0) is 57.0 Å². The second kappa shape index (κ2) is 6.29. The fourth-order valence-corrected chi connectivity index (χ4v) is 2.21. The molecule has 0 saturated heterocycles. The van der Waals surface area contributed by atoms with Crippen LogP contribution in [0.15, 0.2) is 43.9 Å². The van der Waals surface area contributed by atoms with Gasteiger partial charge >= 0.3 is 0 Å². The van der Waals surface area contributed by atoms with Gasteiger partial charge in [0.05, 0.1) is 23.3 Å². The second-order valence-corrected chi connectivity index (χ2v) is 5.19. The van der Waals surface area contributed by atoms with Gasteiger partial charge in [-0.25, -0.2) is 0 Å². The molecule has 2 rings (SSSR count). The van der Waals surface area contributed by atoms with E-state index >= 15 is 0 Å². The maximum absolute atomic E-state index is 5.54. The van der Waals surface area contributed by atoms with Gasteiger partial charge in [-0.15, -0.1) is 0 Å². The molecule has 1 aromatic heterocycles. The molecular weight excluding hydrogens is 362 g/mol. The number of ether oxygens (including phenoxy) is 1. The first-order chi connectivity index (χ1) is 8.70. The lowest BCUT2D eigenvalue weighted by Crippen LogP contribution is -2.01. The molecule has 0 atom stereocenters. The predicted octanol–water partition coefficient (Wildman–Crippen LogP) is 4.82. The molecule has 0 aliphatic heterocycles. The van der Waals surface area contributed by atoms with Crippen molar-refractivity contribution >= 4 is 37.5 Å². The zero-order valence-electron chi connectivity index (χ0n) is 9.87. The highest BCUT2D eigenvalue weighted by Crippen LogP contribution is 2.28. The smallest absolute Gasteiger partial charge is 0.183 e. The Hall–Kier alpha value is -0.940. The van der Waals surface area contributed by atoms with Crippen LogP contribution in [-0.2, 0) is 6.54 Å². The highest BCUT2D eigenvalue weighted by Gasteiger charge is 2.07. The van der Waals surface area contributed by atoms with Gasteiger partial charge in [-0.2, -0.15) is 0 Å². The van der Waals surface area contributed by atoms with E-state index in [1.54, 1.807) is 0 Å². The van der Waals surface area contributed by atoms with Crippen LogP contribution < -0.4 is 10.1 Å². The molecule has 0 aliphatic rings. The Bertz CT molecular complexity index is 506. The van der Waals surface area contributed by atoms with E-state index in [1.807, 2.05) is 37.3 Å². The molecule has 18 heavy (non-hydrogen) atoms. The van der Waals surface area contributed by atoms with Crippen LogP contribution in [-0.4, -0.2) is 6.61 Å². The first-order valence-corrected chi connectivity index (χ1v) is 7.18. The molecule has 5 heteroatoms. The monoisotopic (exact) mass is 373 g/mol. The third-order valence-corrected chi connectivity index (χ3v) is 4.05. The number of anilines is 1. The number of para-hydroxylation sites is 2. The molecule has 0 aliphatic carbocycles. The molecule has 1 heterocycles. The van der Waals surface area contributed by atoms with Crippen LogP contribution in [0.5, 0.6) is 5.75 Å². The highest BCUT2D eigenvalue weighted by molar-refractivity contribution is 9.13. The Balaban J connectivity index is 2.05. The van der Waals surface area contributed by atoms with E-state index in [0.717, 1.165) is 21.7 Å². The average molecular weight is 375 g/mol. The molecule has 1 aromatic carbocycles. The summed E-state index contributed by atoms with van der Waals surface area (Å²) in [5.41, 5.74) is 0.961. The SMILES string of the molecule is CCOc1ccccc1NCc1cc(Br)c(Br)o1. The van der Waals surface area contributed by atoms with Crippen molar-refractivity contribution in [3.63, 3.8) is 0 Å². The van der Waals surface area contributed by atoms with Crippen LogP contribution in [0.25, 0.3) is 0 Å². The van der Waals surface area contributed by atoms with Crippen LogP contribution in [0.2, 0.25) is 0 Å². The highest BCUT2D eigenvalue weighted by atomic mass is 79.9. The van der Waals surface area contributed by atoms with Gasteiger partial charge in [0.1, 0.15) is 11.5 Å². The van der Waals surface area contributed by atoms with Gasteiger partial charge in [0.2, 0.25) is 0 Å². The molecule has 96 valence electrons. The van der Waals surface area contributed by atoms with Crippen LogP contribution in [0, 0.1) is 0 Å². The minimum Gasteiger partial charge on any atom is -0.492 e. The van der Waals surface area contributed by atoms with Gasteiger partial charge in [0.15, 0.2) is 4.67 Å². The average Bonchev–Trinajstić information content (AvgIpc) is 2.68. The van der Waals surface area contributed by atoms with Crippen LogP contribution in [0.3, 0.4) is 0 Å². The Morgan fingerprint density at radius 3 is 2.72 bits per heavy atom. The Labute approximate surface area is 123 Å². The van der Waals surface area contributed by atoms with E-state index in [9.17, 15) is 0 Å². The molecule has 0 spiro atoms. The van der Waals surface area contributed by atoms with Gasteiger partial charge in [-0.1, -0.05) is 12.1 Å². The summed E-state index contributed by atoms with van der Waals surface area (Å²) in [6.07, 6.45) is 0. The van der Waals surface area contributed by atoms with E-state index in [0.29, 0.717) is 17.8 Å². The standard InChI is InChI=1S/C13H13Br2NO2/c1-2-17-12-6-4-3-5-11(12)16-8-9-7-10(14)13(15)18-9/h3-7,16H,2,8H2,1H3. The van der Waals surface area contributed by atoms with Crippen molar-refractivity contribution in [3.05, 3.63) is 45.2 Å². The zero-order valence-corrected chi connectivity index (χ0v) is 13.0. The summed E-state index contributed by atoms with van der Waals surface area (Å²) >= 11 is 6.70. The number of rotatable bonds is 5. The molecule has 0 radical (unpaired) electrons. The van der Waals surface area contributed by atoms with Gasteiger partial charge in [-0.3, -0.25) is 0 Å². The summed E-state index contributed by atoms with van der Waals surface area (Å²) in [6.45, 7) is 3.22. The molecular formula is C13H13Br2NO2. The van der Waals surface area contributed by atoms with E-state index in [2.05, 4.69) is 37.2 Å². The molecule has 0 bridgehead atoms. The van der Waals surface area contributed by atoms with Crippen molar-refractivity contribution in [2.24, 2.45) is 0 Å². The number of hydrogen-bond acceptors (Lipinski definition) is 3. The Morgan fingerprint density at radius 2 is 2.06 bits per heavy atom. The third kappa shape index (κ3) is 3.29. The van der Waals surface area contributed by atoms with E-state index < -0.39 is 0 Å². The largest absolute Gasteiger partial charge is 0.492 e. The number of furan rings is 1. The quantitative estimate of drug-likeness (QED) is 0.814. The van der Waals surface area contributed by atoms with Crippen molar-refractivity contribution in [1.82, 2.24) is 0 Å². The van der Waals surface area contributed by atoms with E-state index in [4.69, 9.17) is 9.15 Å². The summed E-state index contributed by atoms with van der Waals surface area (Å²) in [7, 11) is 0. The van der Waals surface area contributed by atoms with E-state index in [-0.39, 0.29) is 0 Å². The first kappa shape index (κ1) is 13.5. The predicted molar refractivity (Wildman–Crippen MR) is 79.0 cm³/mol. The third-order valence-electron chi connectivity index (χ3n) is 2.34. The second-order valence-electron chi connectivity index (χ2n) is 3.62. The zero-order chi connectivity index (χ0) is 13.0. The number of halogens is 2. The summed E-state index contributed by atoms with van der Waals surface area (Å²) in [6, 6.07) is 9.78. The molecule has 0 fully saturated rings. The maximum atomic E-state index is 5.54. The normalized spacial score (nSPS) is 10.4. The van der Waals surface area contributed by atoms with Crippen molar-refractivity contribution in [2.75, 3.05) is 11.9 Å². The summed E-state index contributed by atoms with van der Waals surface area (Å²) in [4.78, 5) is 0. The van der Waals surface area contributed by atoms with Crippen LogP contribution in [0.4, 0.5) is 5.69 Å². The van der Waals surface area contributed by atoms with Gasteiger partial charge < -0.3 is 14.5 Å². The molecule has 3 nitrogen and oxygen atoms in total. The Morgan fingerprint density at radius 1 is 1.28 bits per heavy atom. The summed E-state index contributed by atoms with van der Waals surface area (Å²) in [5, 5.41) is 3.29. The van der Waals surface area contributed by atoms with Gasteiger partial charge in [0, 0.05) is 0 Å². The van der Waals surface area contributed by atoms with Crippen molar-refractivity contribution in [2.45, 2.75) is 13.5 Å². The lowest BCUT2D eigenvalue weighted by Gasteiger charge is -2.10. The van der Waals surface area contributed by atoms with Gasteiger partial charge in [0.25, 0.3) is 0 Å².